The maximum atomic E-state index is 14.4. The van der Waals surface area contributed by atoms with Crippen LogP contribution in [0.5, 0.6) is 5.75 Å². The summed E-state index contributed by atoms with van der Waals surface area (Å²) in [7, 11) is -4.56. The van der Waals surface area contributed by atoms with Crippen molar-refractivity contribution in [2.45, 2.75) is 68.5 Å². The summed E-state index contributed by atoms with van der Waals surface area (Å²) in [5.74, 6) is -0.745. The lowest BCUT2D eigenvalue weighted by Gasteiger charge is -2.41. The predicted molar refractivity (Wildman–Crippen MR) is 163 cm³/mol. The van der Waals surface area contributed by atoms with Crippen molar-refractivity contribution in [3.05, 3.63) is 71.0 Å². The maximum absolute atomic E-state index is 14.4. The molecule has 2 aromatic carbocycles. The van der Waals surface area contributed by atoms with Crippen molar-refractivity contribution in [3.8, 4) is 5.75 Å². The van der Waals surface area contributed by atoms with Gasteiger partial charge in [-0.25, -0.2) is 9.55 Å². The summed E-state index contributed by atoms with van der Waals surface area (Å²) in [5, 5.41) is 31.9. The molecule has 6 N–H and O–H groups in total. The number of ether oxygens (including phenoxy) is 2. The Morgan fingerprint density at radius 1 is 1.25 bits per heavy atom. The number of hydrogen-bond acceptors (Lipinski definition) is 11. The van der Waals surface area contributed by atoms with Crippen LogP contribution in [0, 0.1) is 0 Å². The Labute approximate surface area is 275 Å². The van der Waals surface area contributed by atoms with Crippen LogP contribution in [0.25, 0.3) is 11.2 Å². The third-order valence-electron chi connectivity index (χ3n) is 8.39. The molecule has 0 bridgehead atoms. The molecule has 48 heavy (non-hydrogen) atoms. The molecule has 1 aliphatic heterocycles. The molecule has 5 atom stereocenters. The van der Waals surface area contributed by atoms with Gasteiger partial charge in [0, 0.05) is 10.6 Å². The fourth-order valence-corrected chi connectivity index (χ4v) is 7.49. The van der Waals surface area contributed by atoms with Gasteiger partial charge in [-0.2, -0.15) is 23.4 Å². The number of esters is 1. The van der Waals surface area contributed by atoms with Crippen molar-refractivity contribution in [1.29, 1.82) is 0 Å². The van der Waals surface area contributed by atoms with Crippen LogP contribution in [0.15, 0.2) is 54.9 Å². The standard InChI is InChI=1S/C29H31ClF3N6O8P/c1-27(42)22(40)20(46-25(27)39-15-35-21-23(34)36-37-24(21)39)14-45-48(43,47-18-9-7-17(30)8-10-18)38-28(11-4-12-28)26(41)44-13-16-5-2-3-6-19(16)29(31,32)33/h2-3,5-10,15,20,22,25,40,42H,4,11-14H2,1H3,(H,38,43)(H3,34,36,37)/t20?,22-,25?,27-,48?/m1/s1. The average Bonchev–Trinajstić information content (AvgIpc) is 3.67. The molecule has 2 aliphatic rings. The van der Waals surface area contributed by atoms with Gasteiger partial charge < -0.3 is 29.9 Å². The summed E-state index contributed by atoms with van der Waals surface area (Å²) in [6.07, 6.45) is -6.74. The molecule has 0 spiro atoms. The number of aliphatic hydroxyl groups is 2. The number of H-pyrrole nitrogens is 1. The summed E-state index contributed by atoms with van der Waals surface area (Å²) in [6.45, 7) is 0.0156. The molecule has 3 unspecified atom stereocenters. The number of aromatic amines is 1. The van der Waals surface area contributed by atoms with Gasteiger partial charge in [0.1, 0.15) is 41.5 Å². The first-order valence-electron chi connectivity index (χ1n) is 14.7. The van der Waals surface area contributed by atoms with Crippen LogP contribution >= 0.6 is 19.3 Å². The van der Waals surface area contributed by atoms with Crippen LogP contribution in [0.2, 0.25) is 5.02 Å². The van der Waals surface area contributed by atoms with Gasteiger partial charge >= 0.3 is 19.9 Å². The van der Waals surface area contributed by atoms with E-state index in [4.69, 9.17) is 35.9 Å². The van der Waals surface area contributed by atoms with Gasteiger partial charge in [-0.05, 0) is 56.5 Å². The first-order valence-corrected chi connectivity index (χ1v) is 16.6. The molecule has 19 heteroatoms. The molecule has 0 radical (unpaired) electrons. The van der Waals surface area contributed by atoms with Crippen LogP contribution in [-0.2, 0) is 36.1 Å². The second-order valence-corrected chi connectivity index (χ2v) is 13.9. The third-order valence-corrected chi connectivity index (χ3v) is 10.3. The van der Waals surface area contributed by atoms with E-state index in [1.165, 1.54) is 60.3 Å². The van der Waals surface area contributed by atoms with Crippen LogP contribution < -0.4 is 15.3 Å². The molecule has 1 aliphatic carbocycles. The molecule has 14 nitrogen and oxygen atoms in total. The minimum atomic E-state index is -4.67. The lowest BCUT2D eigenvalue weighted by molar-refractivity contribution is -0.157. The van der Waals surface area contributed by atoms with E-state index in [0.717, 1.165) is 6.07 Å². The Balaban J connectivity index is 1.21. The number of rotatable bonds is 11. The highest BCUT2D eigenvalue weighted by Gasteiger charge is 2.56. The van der Waals surface area contributed by atoms with Crippen LogP contribution in [-0.4, -0.2) is 65.9 Å². The van der Waals surface area contributed by atoms with Gasteiger partial charge in [-0.15, -0.1) is 0 Å². The number of halogens is 4. The van der Waals surface area contributed by atoms with Crippen molar-refractivity contribution < 1.29 is 51.3 Å². The van der Waals surface area contributed by atoms with E-state index >= 15 is 0 Å². The number of imidazole rings is 1. The predicted octanol–water partition coefficient (Wildman–Crippen LogP) is 4.48. The highest BCUT2D eigenvalue weighted by atomic mass is 35.5. The van der Waals surface area contributed by atoms with Crippen LogP contribution in [0.3, 0.4) is 0 Å². The van der Waals surface area contributed by atoms with Gasteiger partial charge in [0.15, 0.2) is 17.4 Å². The normalized spacial score (nSPS) is 25.0. The molecule has 2 fully saturated rings. The molecule has 0 amide bonds. The minimum absolute atomic E-state index is 0.0341. The average molecular weight is 715 g/mol. The molecule has 3 heterocycles. The number of aromatic nitrogens is 4. The van der Waals surface area contributed by atoms with Crippen LogP contribution in [0.1, 0.15) is 43.5 Å². The van der Waals surface area contributed by atoms with E-state index in [1.807, 2.05) is 0 Å². The molecular weight excluding hydrogens is 684 g/mol. The molecule has 258 valence electrons. The number of nitrogens with zero attached hydrogens (tertiary/aromatic N) is 3. The second-order valence-electron chi connectivity index (χ2n) is 11.8. The summed E-state index contributed by atoms with van der Waals surface area (Å²) >= 11 is 5.98. The zero-order chi connectivity index (χ0) is 34.5. The van der Waals surface area contributed by atoms with Gasteiger partial charge in [-0.1, -0.05) is 29.8 Å². The number of hydrogen-bond donors (Lipinski definition) is 5. The van der Waals surface area contributed by atoms with E-state index in [-0.39, 0.29) is 35.6 Å². The SMILES string of the molecule is C[C@]1(O)C(n2cnc3c(N)[nH]nc32)OC(COP(=O)(NC2(C(=O)OCc3ccccc3C(F)(F)F)CCC2)Oc2ccc(Cl)cc2)[C@H]1O. The van der Waals surface area contributed by atoms with E-state index in [1.54, 1.807) is 0 Å². The van der Waals surface area contributed by atoms with Crippen molar-refractivity contribution in [2.24, 2.45) is 0 Å². The molecule has 6 rings (SSSR count). The number of carbonyl (C=O) groups excluding carboxylic acids is 1. The highest BCUT2D eigenvalue weighted by molar-refractivity contribution is 7.52. The van der Waals surface area contributed by atoms with Crippen molar-refractivity contribution >= 4 is 42.3 Å². The van der Waals surface area contributed by atoms with E-state index in [2.05, 4.69) is 20.3 Å². The van der Waals surface area contributed by atoms with Crippen molar-refractivity contribution in [1.82, 2.24) is 24.8 Å². The molecular formula is C29H31ClF3N6O8P. The summed E-state index contributed by atoms with van der Waals surface area (Å²) in [4.78, 5) is 17.6. The van der Waals surface area contributed by atoms with Gasteiger partial charge in [-0.3, -0.25) is 19.0 Å². The number of fused-ring (bicyclic) bond motifs is 1. The van der Waals surface area contributed by atoms with Crippen molar-refractivity contribution in [3.63, 3.8) is 0 Å². The second kappa shape index (κ2) is 12.6. The number of aliphatic hydroxyl groups excluding tert-OH is 1. The van der Waals surface area contributed by atoms with Crippen molar-refractivity contribution in [2.75, 3.05) is 12.3 Å². The maximum Gasteiger partial charge on any atom is 0.459 e. The summed E-state index contributed by atoms with van der Waals surface area (Å²) in [6, 6.07) is 10.4. The number of nitrogen functional groups attached to an aromatic ring is 1. The first kappa shape index (κ1) is 34.2. The summed E-state index contributed by atoms with van der Waals surface area (Å²) < 4.78 is 79.0. The van der Waals surface area contributed by atoms with Gasteiger partial charge in [0.25, 0.3) is 0 Å². The van der Waals surface area contributed by atoms with E-state index in [0.29, 0.717) is 17.0 Å². The monoisotopic (exact) mass is 714 g/mol. The summed E-state index contributed by atoms with van der Waals surface area (Å²) in [5.41, 5.74) is 1.62. The Hall–Kier alpha value is -3.70. The molecule has 2 aromatic heterocycles. The smallest absolute Gasteiger partial charge is 0.459 e. The lowest BCUT2D eigenvalue weighted by atomic mass is 9.78. The zero-order valence-electron chi connectivity index (χ0n) is 25.2. The van der Waals surface area contributed by atoms with Gasteiger partial charge in [0.2, 0.25) is 0 Å². The van der Waals surface area contributed by atoms with E-state index < -0.39 is 68.2 Å². The number of nitrogens with one attached hydrogen (secondary N) is 2. The number of benzene rings is 2. The Bertz CT molecular complexity index is 1850. The molecule has 1 saturated heterocycles. The highest BCUT2D eigenvalue weighted by Crippen LogP contribution is 2.52. The lowest BCUT2D eigenvalue weighted by Crippen LogP contribution is -2.57. The minimum Gasteiger partial charge on any atom is -0.459 e. The molecule has 4 aromatic rings. The fraction of sp³-hybridized carbons (Fsp3) is 0.414. The quantitative estimate of drug-likeness (QED) is 0.108. The zero-order valence-corrected chi connectivity index (χ0v) is 26.8. The Kier molecular flexibility index (Phi) is 9.00. The van der Waals surface area contributed by atoms with Gasteiger partial charge in [0.05, 0.1) is 18.5 Å². The fourth-order valence-electron chi connectivity index (χ4n) is 5.62. The third kappa shape index (κ3) is 6.51. The number of anilines is 1. The topological polar surface area (TPSA) is 196 Å². The van der Waals surface area contributed by atoms with Crippen LogP contribution in [0.4, 0.5) is 19.0 Å². The molecule has 1 saturated carbocycles. The Morgan fingerprint density at radius 3 is 2.62 bits per heavy atom. The number of carbonyl (C=O) groups is 1. The first-order chi connectivity index (χ1) is 22.6. The Morgan fingerprint density at radius 2 is 1.96 bits per heavy atom. The van der Waals surface area contributed by atoms with E-state index in [9.17, 15) is 32.7 Å². The number of alkyl halides is 3. The number of nitrogens with two attached hydrogens (primary N) is 1. The largest absolute Gasteiger partial charge is 0.459 e.